The number of alkyl halides is 2. The second-order valence-electron chi connectivity index (χ2n) is 4.17. The molecule has 0 unspecified atom stereocenters. The molecule has 0 aliphatic carbocycles. The lowest BCUT2D eigenvalue weighted by molar-refractivity contribution is -0.118. The Kier molecular flexibility index (Phi) is 5.71. The zero-order valence-corrected chi connectivity index (χ0v) is 12.8. The Bertz CT molecular complexity index is 635. The van der Waals surface area contributed by atoms with E-state index in [1.54, 1.807) is 30.3 Å². The molecule has 0 spiro atoms. The lowest BCUT2D eigenvalue weighted by Crippen LogP contribution is -2.20. The Morgan fingerprint density at radius 3 is 2.50 bits per heavy atom. The number of nitrogens with one attached hydrogen (secondary N) is 1. The van der Waals surface area contributed by atoms with Crippen LogP contribution in [-0.2, 0) is 4.79 Å². The summed E-state index contributed by atoms with van der Waals surface area (Å²) >= 11 is 3.29. The van der Waals surface area contributed by atoms with Gasteiger partial charge in [-0.3, -0.25) is 4.79 Å². The average Bonchev–Trinajstić information content (AvgIpc) is 2.48. The van der Waals surface area contributed by atoms with Crippen LogP contribution in [0, 0.1) is 0 Å². The first-order valence-corrected chi connectivity index (χ1v) is 7.06. The molecule has 0 aliphatic rings. The molecule has 0 fully saturated rings. The normalized spacial score (nSPS) is 10.4. The number of hydrogen-bond acceptors (Lipinski definition) is 3. The van der Waals surface area contributed by atoms with E-state index in [0.717, 1.165) is 4.47 Å². The van der Waals surface area contributed by atoms with Crippen LogP contribution in [0.15, 0.2) is 53.0 Å². The summed E-state index contributed by atoms with van der Waals surface area (Å²) in [5, 5.41) is 2.47. The number of benzene rings is 2. The van der Waals surface area contributed by atoms with Crippen molar-refractivity contribution in [2.45, 2.75) is 6.61 Å². The quantitative estimate of drug-likeness (QED) is 0.832. The molecule has 2 aromatic carbocycles. The van der Waals surface area contributed by atoms with Crippen molar-refractivity contribution in [2.75, 3.05) is 11.9 Å². The van der Waals surface area contributed by atoms with Crippen LogP contribution in [0.5, 0.6) is 11.5 Å². The molecular formula is C15H12BrF2NO3. The van der Waals surface area contributed by atoms with E-state index in [1.165, 1.54) is 18.2 Å². The predicted octanol–water partition coefficient (Wildman–Crippen LogP) is 4.07. The van der Waals surface area contributed by atoms with Crippen LogP contribution < -0.4 is 14.8 Å². The fourth-order valence-corrected chi connectivity index (χ4v) is 1.90. The second-order valence-corrected chi connectivity index (χ2v) is 5.08. The molecule has 0 aliphatic heterocycles. The topological polar surface area (TPSA) is 47.6 Å². The number of ether oxygens (including phenoxy) is 2. The first-order chi connectivity index (χ1) is 10.5. The van der Waals surface area contributed by atoms with E-state index in [4.69, 9.17) is 4.74 Å². The molecule has 116 valence electrons. The lowest BCUT2D eigenvalue weighted by atomic mass is 10.3. The third-order valence-electron chi connectivity index (χ3n) is 2.56. The van der Waals surface area contributed by atoms with Crippen LogP contribution in [-0.4, -0.2) is 19.1 Å². The number of amides is 1. The van der Waals surface area contributed by atoms with Crippen LogP contribution >= 0.6 is 15.9 Å². The van der Waals surface area contributed by atoms with Gasteiger partial charge in [0.1, 0.15) is 11.5 Å². The van der Waals surface area contributed by atoms with Crippen LogP contribution in [0.4, 0.5) is 14.5 Å². The summed E-state index contributed by atoms with van der Waals surface area (Å²) < 4.78 is 35.1. The maximum Gasteiger partial charge on any atom is 0.387 e. The van der Waals surface area contributed by atoms with Gasteiger partial charge in [-0.2, -0.15) is 8.78 Å². The van der Waals surface area contributed by atoms with Gasteiger partial charge in [0.05, 0.1) is 5.69 Å². The van der Waals surface area contributed by atoms with Gasteiger partial charge in [0.25, 0.3) is 5.91 Å². The van der Waals surface area contributed by atoms with Crippen molar-refractivity contribution in [3.05, 3.63) is 53.0 Å². The molecule has 1 amide bonds. The van der Waals surface area contributed by atoms with E-state index in [0.29, 0.717) is 5.75 Å². The summed E-state index contributed by atoms with van der Waals surface area (Å²) in [6, 6.07) is 12.9. The highest BCUT2D eigenvalue weighted by Gasteiger charge is 2.11. The van der Waals surface area contributed by atoms with Crippen LogP contribution in [0.1, 0.15) is 0 Å². The van der Waals surface area contributed by atoms with Crippen molar-refractivity contribution in [3.8, 4) is 11.5 Å². The molecule has 2 aromatic rings. The van der Waals surface area contributed by atoms with Gasteiger partial charge in [-0.05, 0) is 36.4 Å². The average molecular weight is 372 g/mol. The van der Waals surface area contributed by atoms with Crippen molar-refractivity contribution < 1.29 is 23.0 Å². The number of halogens is 3. The predicted molar refractivity (Wildman–Crippen MR) is 81.3 cm³/mol. The molecule has 0 heterocycles. The molecule has 0 bridgehead atoms. The van der Waals surface area contributed by atoms with E-state index in [1.807, 2.05) is 0 Å². The third-order valence-corrected chi connectivity index (χ3v) is 3.09. The maximum absolute atomic E-state index is 12.3. The minimum Gasteiger partial charge on any atom is -0.484 e. The van der Waals surface area contributed by atoms with E-state index in [-0.39, 0.29) is 18.0 Å². The van der Waals surface area contributed by atoms with Crippen LogP contribution in [0.25, 0.3) is 0 Å². The summed E-state index contributed by atoms with van der Waals surface area (Å²) in [5.74, 6) is -0.0572. The van der Waals surface area contributed by atoms with Crippen molar-refractivity contribution in [1.29, 1.82) is 0 Å². The van der Waals surface area contributed by atoms with Gasteiger partial charge < -0.3 is 14.8 Å². The molecule has 4 nitrogen and oxygen atoms in total. The standard InChI is InChI=1S/C15H12BrF2NO3/c16-10-5-7-11(8-6-10)21-9-14(20)19-12-3-1-2-4-13(12)22-15(17)18/h1-8,15H,9H2,(H,19,20). The Balaban J connectivity index is 1.93. The highest BCUT2D eigenvalue weighted by molar-refractivity contribution is 9.10. The summed E-state index contributed by atoms with van der Waals surface area (Å²) in [4.78, 5) is 11.8. The van der Waals surface area contributed by atoms with Crippen molar-refractivity contribution in [2.24, 2.45) is 0 Å². The van der Waals surface area contributed by atoms with Crippen molar-refractivity contribution >= 4 is 27.5 Å². The summed E-state index contributed by atoms with van der Waals surface area (Å²) in [5.41, 5.74) is 0.159. The smallest absolute Gasteiger partial charge is 0.387 e. The van der Waals surface area contributed by atoms with Gasteiger partial charge in [0, 0.05) is 4.47 Å². The molecule has 1 N–H and O–H groups in total. The van der Waals surface area contributed by atoms with Gasteiger partial charge in [-0.15, -0.1) is 0 Å². The molecule has 0 radical (unpaired) electrons. The molecule has 0 saturated carbocycles. The minimum absolute atomic E-state index is 0.102. The monoisotopic (exact) mass is 371 g/mol. The minimum atomic E-state index is -2.96. The highest BCUT2D eigenvalue weighted by atomic mass is 79.9. The van der Waals surface area contributed by atoms with Gasteiger partial charge in [-0.25, -0.2) is 0 Å². The van der Waals surface area contributed by atoms with Gasteiger partial charge in [0.2, 0.25) is 0 Å². The van der Waals surface area contributed by atoms with E-state index >= 15 is 0 Å². The Morgan fingerprint density at radius 2 is 1.82 bits per heavy atom. The zero-order chi connectivity index (χ0) is 15.9. The third kappa shape index (κ3) is 5.00. The number of carbonyl (C=O) groups is 1. The molecule has 0 atom stereocenters. The summed E-state index contributed by atoms with van der Waals surface area (Å²) in [6.45, 7) is -3.21. The highest BCUT2D eigenvalue weighted by Crippen LogP contribution is 2.25. The van der Waals surface area contributed by atoms with Gasteiger partial charge in [-0.1, -0.05) is 28.1 Å². The fourth-order valence-electron chi connectivity index (χ4n) is 1.63. The summed E-state index contributed by atoms with van der Waals surface area (Å²) in [6.07, 6.45) is 0. The number of hydrogen-bond donors (Lipinski definition) is 1. The Labute approximate surface area is 134 Å². The molecule has 22 heavy (non-hydrogen) atoms. The second kappa shape index (κ2) is 7.74. The van der Waals surface area contributed by atoms with E-state index in [9.17, 15) is 13.6 Å². The van der Waals surface area contributed by atoms with Gasteiger partial charge in [0.15, 0.2) is 6.61 Å². The summed E-state index contributed by atoms with van der Waals surface area (Å²) in [7, 11) is 0. The van der Waals surface area contributed by atoms with E-state index < -0.39 is 12.5 Å². The molecular weight excluding hydrogens is 360 g/mol. The fraction of sp³-hybridized carbons (Fsp3) is 0.133. The molecule has 0 aromatic heterocycles. The number of anilines is 1. The van der Waals surface area contributed by atoms with Crippen molar-refractivity contribution in [1.82, 2.24) is 0 Å². The maximum atomic E-state index is 12.3. The Morgan fingerprint density at radius 1 is 1.14 bits per heavy atom. The number of rotatable bonds is 6. The first kappa shape index (κ1) is 16.2. The largest absolute Gasteiger partial charge is 0.484 e. The number of para-hydroxylation sites is 2. The molecule has 2 rings (SSSR count). The van der Waals surface area contributed by atoms with Crippen LogP contribution in [0.2, 0.25) is 0 Å². The SMILES string of the molecule is O=C(COc1ccc(Br)cc1)Nc1ccccc1OC(F)F. The number of carbonyl (C=O) groups excluding carboxylic acids is 1. The van der Waals surface area contributed by atoms with Crippen molar-refractivity contribution in [3.63, 3.8) is 0 Å². The van der Waals surface area contributed by atoms with Crippen LogP contribution in [0.3, 0.4) is 0 Å². The lowest BCUT2D eigenvalue weighted by Gasteiger charge is -2.12. The Hall–Kier alpha value is -2.15. The van der Waals surface area contributed by atoms with Gasteiger partial charge >= 0.3 is 6.61 Å². The van der Waals surface area contributed by atoms with E-state index in [2.05, 4.69) is 26.0 Å². The molecule has 7 heteroatoms. The zero-order valence-electron chi connectivity index (χ0n) is 11.3. The first-order valence-electron chi connectivity index (χ1n) is 6.26. The molecule has 0 saturated heterocycles.